The molecular formula is C25H18N4O3S. The fourth-order valence-electron chi connectivity index (χ4n) is 4.02. The van der Waals surface area contributed by atoms with Gasteiger partial charge in [0, 0.05) is 11.4 Å². The number of nitrogens with zero attached hydrogens (tertiary/aromatic N) is 2. The molecule has 5 rings (SSSR count). The van der Waals surface area contributed by atoms with E-state index in [1.165, 1.54) is 4.90 Å². The van der Waals surface area contributed by atoms with Crippen LogP contribution in [0.2, 0.25) is 0 Å². The SMILES string of the molecule is NC1=NC(=O)C2(S1)C(=C(Nc1ccccc1)c1ccccc1)C(=O)C(=O)N2c1ccccc1. The van der Waals surface area contributed by atoms with Gasteiger partial charge in [-0.3, -0.25) is 19.3 Å². The van der Waals surface area contributed by atoms with E-state index in [0.717, 1.165) is 11.8 Å². The fourth-order valence-corrected chi connectivity index (χ4v) is 5.16. The maximum absolute atomic E-state index is 13.6. The number of para-hydroxylation sites is 2. The lowest BCUT2D eigenvalue weighted by molar-refractivity contribution is -0.132. The topological polar surface area (TPSA) is 105 Å². The van der Waals surface area contributed by atoms with Gasteiger partial charge in [0.1, 0.15) is 0 Å². The van der Waals surface area contributed by atoms with Gasteiger partial charge in [-0.15, -0.1) is 0 Å². The molecule has 33 heavy (non-hydrogen) atoms. The Bertz CT molecular complexity index is 1320. The Morgan fingerprint density at radius 3 is 2.00 bits per heavy atom. The predicted molar refractivity (Wildman–Crippen MR) is 129 cm³/mol. The average molecular weight is 455 g/mol. The molecule has 0 bridgehead atoms. The van der Waals surface area contributed by atoms with Gasteiger partial charge in [0.2, 0.25) is 4.87 Å². The van der Waals surface area contributed by atoms with E-state index in [-0.39, 0.29) is 10.7 Å². The zero-order chi connectivity index (χ0) is 23.0. The second-order valence-electron chi connectivity index (χ2n) is 7.41. The molecule has 1 saturated heterocycles. The number of hydrogen-bond donors (Lipinski definition) is 2. The van der Waals surface area contributed by atoms with E-state index in [1.807, 2.05) is 60.7 Å². The third-order valence-corrected chi connectivity index (χ3v) is 6.56. The number of anilines is 2. The van der Waals surface area contributed by atoms with Crippen molar-refractivity contribution in [2.75, 3.05) is 10.2 Å². The van der Waals surface area contributed by atoms with Crippen molar-refractivity contribution in [1.82, 2.24) is 0 Å². The van der Waals surface area contributed by atoms with Gasteiger partial charge in [0.05, 0.1) is 11.3 Å². The molecule has 1 unspecified atom stereocenters. The number of Topliss-reactive ketones (excluding diaryl/α,β-unsaturated/α-hetero) is 1. The van der Waals surface area contributed by atoms with Crippen molar-refractivity contribution >= 4 is 51.6 Å². The molecule has 0 aromatic heterocycles. The minimum Gasteiger partial charge on any atom is -0.378 e. The van der Waals surface area contributed by atoms with Gasteiger partial charge in [0.15, 0.2) is 5.17 Å². The van der Waals surface area contributed by atoms with Gasteiger partial charge in [-0.2, -0.15) is 4.99 Å². The molecule has 2 heterocycles. The summed E-state index contributed by atoms with van der Waals surface area (Å²) in [5.41, 5.74) is 8.07. The van der Waals surface area contributed by atoms with Crippen molar-refractivity contribution in [3.8, 4) is 0 Å². The highest BCUT2D eigenvalue weighted by atomic mass is 32.2. The van der Waals surface area contributed by atoms with Gasteiger partial charge in [-0.25, -0.2) is 0 Å². The normalized spacial score (nSPS) is 21.5. The van der Waals surface area contributed by atoms with Crippen LogP contribution in [0.15, 0.2) is 102 Å². The smallest absolute Gasteiger partial charge is 0.301 e. The molecule has 7 nitrogen and oxygen atoms in total. The molecule has 1 atom stereocenters. The van der Waals surface area contributed by atoms with E-state index in [9.17, 15) is 14.4 Å². The van der Waals surface area contributed by atoms with Crippen LogP contribution in [-0.2, 0) is 14.4 Å². The first-order valence-electron chi connectivity index (χ1n) is 10.2. The summed E-state index contributed by atoms with van der Waals surface area (Å²) >= 11 is 0.900. The third-order valence-electron chi connectivity index (χ3n) is 5.40. The molecule has 0 saturated carbocycles. The number of carbonyl (C=O) groups excluding carboxylic acids is 3. The average Bonchev–Trinajstić information content (AvgIpc) is 3.25. The molecule has 2 amide bonds. The van der Waals surface area contributed by atoms with Gasteiger partial charge in [-0.1, -0.05) is 66.7 Å². The van der Waals surface area contributed by atoms with E-state index >= 15 is 0 Å². The van der Waals surface area contributed by atoms with Crippen LogP contribution in [0.3, 0.4) is 0 Å². The predicted octanol–water partition coefficient (Wildman–Crippen LogP) is 3.41. The first-order chi connectivity index (χ1) is 16.0. The number of benzene rings is 3. The molecule has 3 N–H and O–H groups in total. The largest absolute Gasteiger partial charge is 0.378 e. The molecule has 0 aliphatic carbocycles. The van der Waals surface area contributed by atoms with E-state index in [0.29, 0.717) is 22.6 Å². The van der Waals surface area contributed by atoms with Gasteiger partial charge < -0.3 is 11.1 Å². The third kappa shape index (κ3) is 3.32. The van der Waals surface area contributed by atoms with Crippen molar-refractivity contribution in [2.45, 2.75) is 4.87 Å². The first-order valence-corrected chi connectivity index (χ1v) is 11.0. The van der Waals surface area contributed by atoms with Crippen LogP contribution in [0.4, 0.5) is 11.4 Å². The maximum atomic E-state index is 13.6. The summed E-state index contributed by atoms with van der Waals surface area (Å²) in [4.78, 5) is 43.7. The van der Waals surface area contributed by atoms with Crippen LogP contribution in [0.5, 0.6) is 0 Å². The maximum Gasteiger partial charge on any atom is 0.301 e. The highest BCUT2D eigenvalue weighted by Crippen LogP contribution is 2.51. The number of thioether (sulfide) groups is 1. The second kappa shape index (κ2) is 8.07. The molecular weight excluding hydrogens is 436 g/mol. The molecule has 3 aromatic rings. The van der Waals surface area contributed by atoms with Crippen LogP contribution in [0.1, 0.15) is 5.56 Å². The van der Waals surface area contributed by atoms with Crippen LogP contribution in [0, 0.1) is 0 Å². The Kier molecular flexibility index (Phi) is 5.07. The molecule has 3 aromatic carbocycles. The van der Waals surface area contributed by atoms with Crippen molar-refractivity contribution in [2.24, 2.45) is 10.7 Å². The molecule has 162 valence electrons. The van der Waals surface area contributed by atoms with E-state index < -0.39 is 22.5 Å². The molecule has 1 fully saturated rings. The van der Waals surface area contributed by atoms with Crippen molar-refractivity contribution in [3.63, 3.8) is 0 Å². The first kappa shape index (κ1) is 20.7. The Balaban J connectivity index is 1.81. The summed E-state index contributed by atoms with van der Waals surface area (Å²) in [6.07, 6.45) is 0. The zero-order valence-corrected chi connectivity index (χ0v) is 18.1. The van der Waals surface area contributed by atoms with Crippen LogP contribution >= 0.6 is 11.8 Å². The van der Waals surface area contributed by atoms with E-state index in [4.69, 9.17) is 5.73 Å². The number of nitrogens with two attached hydrogens (primary N) is 1. The van der Waals surface area contributed by atoms with Gasteiger partial charge in [0.25, 0.3) is 11.7 Å². The molecule has 8 heteroatoms. The van der Waals surface area contributed by atoms with Crippen molar-refractivity contribution < 1.29 is 14.4 Å². The number of amidine groups is 1. The molecule has 0 radical (unpaired) electrons. The second-order valence-corrected chi connectivity index (χ2v) is 8.63. The Hall–Kier alpha value is -4.17. The van der Waals surface area contributed by atoms with E-state index in [2.05, 4.69) is 10.3 Å². The summed E-state index contributed by atoms with van der Waals surface area (Å²) < 4.78 is 0. The summed E-state index contributed by atoms with van der Waals surface area (Å²) in [6.45, 7) is 0. The summed E-state index contributed by atoms with van der Waals surface area (Å²) in [7, 11) is 0. The molecule has 2 aliphatic rings. The summed E-state index contributed by atoms with van der Waals surface area (Å²) in [5.74, 6) is -2.27. The Labute approximate surface area is 194 Å². The monoisotopic (exact) mass is 454 g/mol. The number of aliphatic imine (C=N–C) groups is 1. The van der Waals surface area contributed by atoms with Crippen molar-refractivity contribution in [1.29, 1.82) is 0 Å². The molecule has 2 aliphatic heterocycles. The minimum absolute atomic E-state index is 0.00519. The summed E-state index contributed by atoms with van der Waals surface area (Å²) in [6, 6.07) is 26.9. The number of amides is 2. The van der Waals surface area contributed by atoms with Gasteiger partial charge in [-0.05, 0) is 41.6 Å². The quantitative estimate of drug-likeness (QED) is 0.462. The zero-order valence-electron chi connectivity index (χ0n) is 17.3. The number of nitrogens with one attached hydrogen (secondary N) is 1. The highest BCUT2D eigenvalue weighted by Gasteiger charge is 2.65. The Morgan fingerprint density at radius 1 is 0.848 bits per heavy atom. The van der Waals surface area contributed by atoms with Crippen LogP contribution in [-0.4, -0.2) is 27.6 Å². The van der Waals surface area contributed by atoms with Gasteiger partial charge >= 0.3 is 5.91 Å². The van der Waals surface area contributed by atoms with E-state index in [1.54, 1.807) is 30.3 Å². The highest BCUT2D eigenvalue weighted by molar-refractivity contribution is 8.16. The molecule has 1 spiro atoms. The summed E-state index contributed by atoms with van der Waals surface area (Å²) in [5, 5.41) is 3.26. The number of ketones is 1. The standard InChI is InChI=1S/C25H18N4O3S/c26-24-28-23(32)25(33-24)19(21(30)22(31)29(25)18-14-8-3-9-15-18)20(16-10-4-1-5-11-16)27-17-12-6-2-7-13-17/h1-15,27H,(H2,26,28,32). The number of rotatable bonds is 4. The Morgan fingerprint density at radius 2 is 1.42 bits per heavy atom. The lowest BCUT2D eigenvalue weighted by atomic mass is 9.97. The minimum atomic E-state index is -1.74. The number of hydrogen-bond acceptors (Lipinski definition) is 6. The lowest BCUT2D eigenvalue weighted by Crippen LogP contribution is -2.49. The lowest BCUT2D eigenvalue weighted by Gasteiger charge is -2.32. The van der Waals surface area contributed by atoms with Crippen LogP contribution in [0.25, 0.3) is 5.70 Å². The fraction of sp³-hybridized carbons (Fsp3) is 0.0400. The number of carbonyl (C=O) groups is 3. The van der Waals surface area contributed by atoms with Crippen molar-refractivity contribution in [3.05, 3.63) is 102 Å². The van der Waals surface area contributed by atoms with Crippen LogP contribution < -0.4 is 16.0 Å².